The summed E-state index contributed by atoms with van der Waals surface area (Å²) in [6, 6.07) is 5.69. The molecule has 0 fully saturated rings. The third kappa shape index (κ3) is 2.68. The van der Waals surface area contributed by atoms with Crippen molar-refractivity contribution in [2.24, 2.45) is 9.98 Å². The lowest BCUT2D eigenvalue weighted by molar-refractivity contribution is 0.0977. The van der Waals surface area contributed by atoms with Crippen LogP contribution in [0.2, 0.25) is 0 Å². The van der Waals surface area contributed by atoms with Gasteiger partial charge in [0.2, 0.25) is 5.96 Å². The predicted octanol–water partition coefficient (Wildman–Crippen LogP) is 2.26. The van der Waals surface area contributed by atoms with Crippen LogP contribution in [0.5, 0.6) is 5.75 Å². The van der Waals surface area contributed by atoms with Gasteiger partial charge in [0, 0.05) is 18.2 Å². The Morgan fingerprint density at radius 2 is 2.20 bits per heavy atom. The zero-order valence-electron chi connectivity index (χ0n) is 14.2. The number of methoxy groups -OCH3 is 1. The first-order chi connectivity index (χ1) is 12.1. The summed E-state index contributed by atoms with van der Waals surface area (Å²) in [4.78, 5) is 28.7. The van der Waals surface area contributed by atoms with Gasteiger partial charge in [0.1, 0.15) is 16.5 Å². The van der Waals surface area contributed by atoms with Crippen LogP contribution in [0.4, 0.5) is 5.69 Å². The van der Waals surface area contributed by atoms with Gasteiger partial charge >= 0.3 is 0 Å². The molecule has 1 aromatic heterocycles. The number of rotatable bonds is 2. The van der Waals surface area contributed by atoms with Crippen LogP contribution in [-0.4, -0.2) is 47.8 Å². The van der Waals surface area contributed by atoms with Crippen LogP contribution >= 0.6 is 11.3 Å². The molecule has 1 aromatic carbocycles. The van der Waals surface area contributed by atoms with Crippen molar-refractivity contribution in [1.29, 1.82) is 0 Å². The Hall–Kier alpha value is -2.74. The molecule has 3 heterocycles. The number of hydrogen-bond donors (Lipinski definition) is 1. The van der Waals surface area contributed by atoms with Crippen molar-refractivity contribution in [3.8, 4) is 5.75 Å². The number of fused-ring (bicyclic) bond motifs is 3. The molecule has 4 rings (SSSR count). The number of aliphatic imine (C=N–C) groups is 2. The van der Waals surface area contributed by atoms with Crippen molar-refractivity contribution in [3.63, 3.8) is 0 Å². The number of amidine groups is 1. The minimum atomic E-state index is -0.195. The van der Waals surface area contributed by atoms with E-state index in [0.29, 0.717) is 29.7 Å². The molecule has 25 heavy (non-hydrogen) atoms. The maximum absolute atomic E-state index is 12.7. The summed E-state index contributed by atoms with van der Waals surface area (Å²) in [6.07, 6.45) is 0. The van der Waals surface area contributed by atoms with Crippen molar-refractivity contribution in [2.45, 2.75) is 13.8 Å². The fraction of sp³-hybridized carbons (Fsp3) is 0.294. The second kappa shape index (κ2) is 5.96. The Labute approximate surface area is 149 Å². The number of aryl methyl sites for hydroxylation is 2. The van der Waals surface area contributed by atoms with Gasteiger partial charge in [-0.15, -0.1) is 11.3 Å². The fourth-order valence-corrected chi connectivity index (χ4v) is 3.79. The molecule has 0 atom stereocenters. The molecule has 1 N–H and O–H groups in total. The molecule has 8 heteroatoms. The van der Waals surface area contributed by atoms with Crippen LogP contribution in [0.25, 0.3) is 0 Å². The maximum Gasteiger partial charge on any atom is 0.269 e. The van der Waals surface area contributed by atoms with E-state index < -0.39 is 0 Å². The summed E-state index contributed by atoms with van der Waals surface area (Å²) in [7, 11) is 1.62. The first-order valence-electron chi connectivity index (χ1n) is 7.91. The van der Waals surface area contributed by atoms with Gasteiger partial charge in [-0.25, -0.2) is 9.98 Å². The average molecular weight is 355 g/mol. The topological polar surface area (TPSA) is 79.2 Å². The third-order valence-corrected chi connectivity index (χ3v) is 5.18. The van der Waals surface area contributed by atoms with Crippen LogP contribution in [-0.2, 0) is 0 Å². The van der Waals surface area contributed by atoms with E-state index in [0.717, 1.165) is 27.8 Å². The molecular formula is C17H17N5O2S. The number of thiazole rings is 1. The molecule has 0 bridgehead atoms. The minimum absolute atomic E-state index is 0.195. The number of aromatic nitrogens is 1. The van der Waals surface area contributed by atoms with Gasteiger partial charge in [-0.2, -0.15) is 0 Å². The van der Waals surface area contributed by atoms with Gasteiger partial charge in [0.05, 0.1) is 30.0 Å². The summed E-state index contributed by atoms with van der Waals surface area (Å²) >= 11 is 1.38. The highest BCUT2D eigenvalue weighted by Gasteiger charge is 2.31. The molecule has 2 aromatic rings. The van der Waals surface area contributed by atoms with Crippen molar-refractivity contribution in [2.75, 3.05) is 20.2 Å². The normalized spacial score (nSPS) is 15.2. The van der Waals surface area contributed by atoms with E-state index in [1.807, 2.05) is 36.9 Å². The number of nitrogens with zero attached hydrogens (tertiary/aromatic N) is 4. The molecule has 2 aliphatic heterocycles. The Bertz CT molecular complexity index is 931. The lowest BCUT2D eigenvalue weighted by atomic mass is 10.1. The second-order valence-electron chi connectivity index (χ2n) is 5.78. The zero-order chi connectivity index (χ0) is 17.6. The molecule has 0 saturated carbocycles. The standard InChI is InChI=1S/C17H17N5O2S/c1-9-14(25-10(2)19-9)16(23)21-17-20-13-8-11(24-3)4-5-12(13)15-18-6-7-22(15)17/h4-5,8H,6-7H2,1-3H3,(H,20,21,23). The summed E-state index contributed by atoms with van der Waals surface area (Å²) in [5.41, 5.74) is 2.42. The average Bonchev–Trinajstić information content (AvgIpc) is 3.21. The number of carbonyl (C=O) groups excluding carboxylic acids is 1. The quantitative estimate of drug-likeness (QED) is 0.896. The first-order valence-corrected chi connectivity index (χ1v) is 8.73. The van der Waals surface area contributed by atoms with Gasteiger partial charge in [0.15, 0.2) is 0 Å². The Balaban J connectivity index is 1.71. The van der Waals surface area contributed by atoms with Gasteiger partial charge in [-0.3, -0.25) is 20.0 Å². The zero-order valence-corrected chi connectivity index (χ0v) is 15.0. The molecule has 0 aliphatic carbocycles. The molecule has 0 radical (unpaired) electrons. The number of nitrogens with one attached hydrogen (secondary N) is 1. The first kappa shape index (κ1) is 15.8. The van der Waals surface area contributed by atoms with Crippen LogP contribution in [0.15, 0.2) is 28.2 Å². The highest BCUT2D eigenvalue weighted by molar-refractivity contribution is 7.13. The lowest BCUT2D eigenvalue weighted by Crippen LogP contribution is -2.47. The number of benzene rings is 1. The molecule has 0 unspecified atom stereocenters. The van der Waals surface area contributed by atoms with Crippen LogP contribution < -0.4 is 10.1 Å². The van der Waals surface area contributed by atoms with E-state index in [-0.39, 0.29) is 5.91 Å². The SMILES string of the molecule is COc1ccc2c(c1)N=C(NC(=O)c1sc(C)nc1C)N1CCN=C21. The lowest BCUT2D eigenvalue weighted by Gasteiger charge is -2.27. The number of guanidine groups is 1. The second-order valence-corrected chi connectivity index (χ2v) is 6.98. The number of amides is 1. The van der Waals surface area contributed by atoms with E-state index >= 15 is 0 Å². The van der Waals surface area contributed by atoms with Crippen LogP contribution in [0.1, 0.15) is 25.9 Å². The van der Waals surface area contributed by atoms with Crippen molar-refractivity contribution in [1.82, 2.24) is 15.2 Å². The molecule has 0 spiro atoms. The highest BCUT2D eigenvalue weighted by atomic mass is 32.1. The van der Waals surface area contributed by atoms with Crippen molar-refractivity contribution < 1.29 is 9.53 Å². The predicted molar refractivity (Wildman–Crippen MR) is 97.3 cm³/mol. The molecular weight excluding hydrogens is 338 g/mol. The van der Waals surface area contributed by atoms with Crippen molar-refractivity contribution in [3.05, 3.63) is 39.3 Å². The van der Waals surface area contributed by atoms with Gasteiger partial charge in [-0.1, -0.05) is 0 Å². The minimum Gasteiger partial charge on any atom is -0.497 e. The summed E-state index contributed by atoms with van der Waals surface area (Å²) < 4.78 is 5.28. The number of ether oxygens (including phenoxy) is 1. The highest BCUT2D eigenvalue weighted by Crippen LogP contribution is 2.31. The van der Waals surface area contributed by atoms with Crippen LogP contribution in [0, 0.1) is 13.8 Å². The maximum atomic E-state index is 12.7. The molecule has 1 amide bonds. The molecule has 128 valence electrons. The molecule has 2 aliphatic rings. The van der Waals surface area contributed by atoms with E-state index in [9.17, 15) is 4.79 Å². The van der Waals surface area contributed by atoms with Crippen LogP contribution in [0.3, 0.4) is 0 Å². The summed E-state index contributed by atoms with van der Waals surface area (Å²) in [5.74, 6) is 1.85. The fourth-order valence-electron chi connectivity index (χ4n) is 2.97. The van der Waals surface area contributed by atoms with Gasteiger partial charge in [0.25, 0.3) is 5.91 Å². The van der Waals surface area contributed by atoms with Gasteiger partial charge in [-0.05, 0) is 26.0 Å². The van der Waals surface area contributed by atoms with Gasteiger partial charge < -0.3 is 4.74 Å². The molecule has 0 saturated heterocycles. The third-order valence-electron chi connectivity index (χ3n) is 4.10. The Kier molecular flexibility index (Phi) is 3.76. The van der Waals surface area contributed by atoms with E-state index in [1.165, 1.54) is 11.3 Å². The van der Waals surface area contributed by atoms with E-state index in [4.69, 9.17) is 4.74 Å². The molecule has 7 nitrogen and oxygen atoms in total. The monoisotopic (exact) mass is 355 g/mol. The summed E-state index contributed by atoms with van der Waals surface area (Å²) in [6.45, 7) is 5.10. The Morgan fingerprint density at radius 3 is 2.92 bits per heavy atom. The van der Waals surface area contributed by atoms with E-state index in [1.54, 1.807) is 7.11 Å². The number of carbonyl (C=O) groups is 1. The Morgan fingerprint density at radius 1 is 1.36 bits per heavy atom. The smallest absolute Gasteiger partial charge is 0.269 e. The van der Waals surface area contributed by atoms with Crippen molar-refractivity contribution >= 4 is 34.7 Å². The summed E-state index contributed by atoms with van der Waals surface area (Å²) in [5, 5.41) is 3.79. The number of hydrogen-bond acceptors (Lipinski definition) is 7. The van der Waals surface area contributed by atoms with E-state index in [2.05, 4.69) is 20.3 Å². The largest absolute Gasteiger partial charge is 0.497 e.